The quantitative estimate of drug-likeness (QED) is 0.481. The van der Waals surface area contributed by atoms with E-state index >= 15 is 0 Å². The Hall–Kier alpha value is -3.61. The van der Waals surface area contributed by atoms with Crippen molar-refractivity contribution in [3.63, 3.8) is 0 Å². The average Bonchev–Trinajstić information content (AvgIpc) is 3.16. The fourth-order valence-corrected chi connectivity index (χ4v) is 3.78. The van der Waals surface area contributed by atoms with Gasteiger partial charge in [0.25, 0.3) is 5.56 Å². The molecule has 0 radical (unpaired) electrons. The van der Waals surface area contributed by atoms with Gasteiger partial charge in [0.15, 0.2) is 11.2 Å². The van der Waals surface area contributed by atoms with Crippen LogP contribution in [0.1, 0.15) is 25.0 Å². The van der Waals surface area contributed by atoms with Gasteiger partial charge < -0.3 is 9.30 Å². The van der Waals surface area contributed by atoms with Gasteiger partial charge in [0.2, 0.25) is 0 Å². The summed E-state index contributed by atoms with van der Waals surface area (Å²) < 4.78 is 9.97. The van der Waals surface area contributed by atoms with Crippen molar-refractivity contribution in [3.8, 4) is 11.4 Å². The number of rotatable bonds is 6. The maximum absolute atomic E-state index is 13.4. The summed E-state index contributed by atoms with van der Waals surface area (Å²) in [7, 11) is 1.58. The minimum Gasteiger partial charge on any atom is -0.497 e. The lowest BCUT2D eigenvalue weighted by Gasteiger charge is -2.15. The third-order valence-electron chi connectivity index (χ3n) is 5.36. The number of hydrogen-bond donors (Lipinski definition) is 0. The predicted molar refractivity (Wildman–Crippen MR) is 121 cm³/mol. The third kappa shape index (κ3) is 3.79. The summed E-state index contributed by atoms with van der Waals surface area (Å²) in [5.41, 5.74) is 2.86. The summed E-state index contributed by atoms with van der Waals surface area (Å²) in [6, 6.07) is 15.2. The fraction of sp³-hybridized carbons (Fsp3) is 0.292. The second-order valence-corrected chi connectivity index (χ2v) is 8.10. The van der Waals surface area contributed by atoms with E-state index in [1.165, 1.54) is 9.13 Å². The molecule has 0 fully saturated rings. The topological polar surface area (TPSA) is 71.1 Å². The van der Waals surface area contributed by atoms with Gasteiger partial charge in [-0.25, -0.2) is 14.3 Å². The Kier molecular flexibility index (Phi) is 5.50. The largest absolute Gasteiger partial charge is 0.497 e. The van der Waals surface area contributed by atoms with Gasteiger partial charge in [-0.15, -0.1) is 0 Å². The van der Waals surface area contributed by atoms with Crippen LogP contribution in [0.5, 0.6) is 5.75 Å². The van der Waals surface area contributed by atoms with Crippen molar-refractivity contribution in [1.82, 2.24) is 18.7 Å². The zero-order chi connectivity index (χ0) is 22.1. The van der Waals surface area contributed by atoms with E-state index in [9.17, 15) is 9.59 Å². The SMILES string of the molecule is COc1cccc(-n2c(=O)n(CC(C)C)c(=O)c3c2ncn3Cc2ccccc2C)c1. The van der Waals surface area contributed by atoms with Gasteiger partial charge in [0.05, 0.1) is 19.1 Å². The van der Waals surface area contributed by atoms with Crippen LogP contribution in [0.25, 0.3) is 16.9 Å². The molecule has 0 atom stereocenters. The molecule has 7 heteroatoms. The Bertz CT molecular complexity index is 1360. The first-order valence-corrected chi connectivity index (χ1v) is 10.3. The van der Waals surface area contributed by atoms with Crippen molar-refractivity contribution in [3.05, 3.63) is 86.8 Å². The molecule has 2 aromatic carbocycles. The van der Waals surface area contributed by atoms with Crippen molar-refractivity contribution in [2.24, 2.45) is 5.92 Å². The van der Waals surface area contributed by atoms with Crippen LogP contribution in [-0.4, -0.2) is 25.8 Å². The maximum atomic E-state index is 13.4. The molecule has 7 nitrogen and oxygen atoms in total. The Morgan fingerprint density at radius 3 is 2.55 bits per heavy atom. The molecule has 0 saturated carbocycles. The minimum atomic E-state index is -0.402. The summed E-state index contributed by atoms with van der Waals surface area (Å²) in [5, 5.41) is 0. The lowest BCUT2D eigenvalue weighted by atomic mass is 10.1. The molecule has 0 aliphatic rings. The molecule has 0 amide bonds. The summed E-state index contributed by atoms with van der Waals surface area (Å²) in [6.07, 6.45) is 1.63. The number of fused-ring (bicyclic) bond motifs is 1. The summed E-state index contributed by atoms with van der Waals surface area (Å²) >= 11 is 0. The van der Waals surface area contributed by atoms with Crippen molar-refractivity contribution in [2.45, 2.75) is 33.9 Å². The standard InChI is InChI=1S/C24H26N4O3/c1-16(2)13-27-23(29)21-22(25-15-26(21)14-18-9-6-5-8-17(18)3)28(24(27)30)19-10-7-11-20(12-19)31-4/h5-12,15-16H,13-14H2,1-4H3. The van der Waals surface area contributed by atoms with Gasteiger partial charge in [0, 0.05) is 19.2 Å². The second kappa shape index (κ2) is 8.26. The molecule has 31 heavy (non-hydrogen) atoms. The first-order chi connectivity index (χ1) is 14.9. The van der Waals surface area contributed by atoms with Gasteiger partial charge in [-0.05, 0) is 36.1 Å². The molecular formula is C24H26N4O3. The van der Waals surface area contributed by atoms with Crippen LogP contribution in [0, 0.1) is 12.8 Å². The van der Waals surface area contributed by atoms with E-state index in [0.717, 1.165) is 11.1 Å². The molecule has 0 aliphatic carbocycles. The summed E-state index contributed by atoms with van der Waals surface area (Å²) in [6.45, 7) is 6.83. The number of hydrogen-bond acceptors (Lipinski definition) is 4. The second-order valence-electron chi connectivity index (χ2n) is 8.10. The van der Waals surface area contributed by atoms with Crippen LogP contribution < -0.4 is 16.0 Å². The Labute approximate surface area is 180 Å². The van der Waals surface area contributed by atoms with E-state index in [1.54, 1.807) is 19.5 Å². The lowest BCUT2D eigenvalue weighted by Crippen LogP contribution is -2.41. The molecule has 4 aromatic rings. The monoisotopic (exact) mass is 418 g/mol. The normalized spacial score (nSPS) is 11.4. The third-order valence-corrected chi connectivity index (χ3v) is 5.36. The summed E-state index contributed by atoms with van der Waals surface area (Å²) in [5.74, 6) is 0.757. The number of nitrogens with zero attached hydrogens (tertiary/aromatic N) is 4. The highest BCUT2D eigenvalue weighted by molar-refractivity contribution is 5.72. The highest BCUT2D eigenvalue weighted by Crippen LogP contribution is 2.19. The highest BCUT2D eigenvalue weighted by atomic mass is 16.5. The number of methoxy groups -OCH3 is 1. The number of aromatic nitrogens is 4. The Morgan fingerprint density at radius 2 is 1.84 bits per heavy atom. The van der Waals surface area contributed by atoms with E-state index in [0.29, 0.717) is 35.7 Å². The van der Waals surface area contributed by atoms with Gasteiger partial charge in [-0.2, -0.15) is 0 Å². The maximum Gasteiger partial charge on any atom is 0.337 e. The average molecular weight is 418 g/mol. The molecule has 0 spiro atoms. The summed E-state index contributed by atoms with van der Waals surface area (Å²) in [4.78, 5) is 31.3. The molecule has 0 N–H and O–H groups in total. The number of ether oxygens (including phenoxy) is 1. The predicted octanol–water partition coefficient (Wildman–Crippen LogP) is 3.37. The lowest BCUT2D eigenvalue weighted by molar-refractivity contribution is 0.414. The van der Waals surface area contributed by atoms with Crippen LogP contribution in [0.15, 0.2) is 64.4 Å². The molecule has 0 saturated heterocycles. The van der Waals surface area contributed by atoms with E-state index in [4.69, 9.17) is 4.74 Å². The van der Waals surface area contributed by atoms with Gasteiger partial charge in [0.1, 0.15) is 5.75 Å². The van der Waals surface area contributed by atoms with E-state index < -0.39 is 5.69 Å². The van der Waals surface area contributed by atoms with Gasteiger partial charge in [-0.3, -0.25) is 9.36 Å². The number of aryl methyl sites for hydroxylation is 1. The zero-order valence-corrected chi connectivity index (χ0v) is 18.2. The van der Waals surface area contributed by atoms with Crippen molar-refractivity contribution >= 4 is 11.2 Å². The number of imidazole rings is 1. The first kappa shape index (κ1) is 20.7. The van der Waals surface area contributed by atoms with Gasteiger partial charge >= 0.3 is 5.69 Å². The van der Waals surface area contributed by atoms with Crippen LogP contribution in [0.4, 0.5) is 0 Å². The zero-order valence-electron chi connectivity index (χ0n) is 18.2. The fourth-order valence-electron chi connectivity index (χ4n) is 3.78. The van der Waals surface area contributed by atoms with Crippen LogP contribution in [-0.2, 0) is 13.1 Å². The molecule has 2 aromatic heterocycles. The van der Waals surface area contributed by atoms with Crippen LogP contribution >= 0.6 is 0 Å². The Morgan fingerprint density at radius 1 is 1.06 bits per heavy atom. The molecule has 0 unspecified atom stereocenters. The van der Waals surface area contributed by atoms with Crippen molar-refractivity contribution in [1.29, 1.82) is 0 Å². The van der Waals surface area contributed by atoms with E-state index in [1.807, 2.05) is 67.8 Å². The molecule has 0 aliphatic heterocycles. The molecule has 0 bridgehead atoms. The van der Waals surface area contributed by atoms with Gasteiger partial charge in [-0.1, -0.05) is 44.2 Å². The molecule has 2 heterocycles. The van der Waals surface area contributed by atoms with E-state index in [2.05, 4.69) is 4.98 Å². The first-order valence-electron chi connectivity index (χ1n) is 10.3. The minimum absolute atomic E-state index is 0.134. The van der Waals surface area contributed by atoms with Crippen LogP contribution in [0.3, 0.4) is 0 Å². The Balaban J connectivity index is 2.01. The van der Waals surface area contributed by atoms with E-state index in [-0.39, 0.29) is 11.5 Å². The molecule has 4 rings (SSSR count). The smallest absolute Gasteiger partial charge is 0.337 e. The molecule has 160 valence electrons. The van der Waals surface area contributed by atoms with Crippen molar-refractivity contribution in [2.75, 3.05) is 7.11 Å². The van der Waals surface area contributed by atoms with Crippen LogP contribution in [0.2, 0.25) is 0 Å². The number of benzene rings is 2. The van der Waals surface area contributed by atoms with Crippen molar-refractivity contribution < 1.29 is 4.74 Å². The molecular weight excluding hydrogens is 392 g/mol. The highest BCUT2D eigenvalue weighted by Gasteiger charge is 2.20.